The number of hydrogen-bond donors (Lipinski definition) is 1. The summed E-state index contributed by atoms with van der Waals surface area (Å²) >= 11 is 0. The fraction of sp³-hybridized carbons (Fsp3) is 0.326. The molecule has 4 heterocycles. The lowest BCUT2D eigenvalue weighted by Gasteiger charge is -2.19. The average molecular weight is 742 g/mol. The number of rotatable bonds is 10. The molecule has 282 valence electrons. The van der Waals surface area contributed by atoms with Crippen LogP contribution in [0.25, 0.3) is 0 Å². The summed E-state index contributed by atoms with van der Waals surface area (Å²) in [6.45, 7) is 8.13. The Morgan fingerprint density at radius 2 is 1.25 bits per heavy atom. The van der Waals surface area contributed by atoms with Crippen LogP contribution >= 0.6 is 0 Å². The minimum atomic E-state index is -0.148. The maximum absolute atomic E-state index is 13.5. The molecule has 0 aliphatic carbocycles. The minimum Gasteiger partial charge on any atom is -0.493 e. The number of benzene rings is 3. The summed E-state index contributed by atoms with van der Waals surface area (Å²) in [7, 11) is 3.06. The molecule has 1 N–H and O–H groups in total. The van der Waals surface area contributed by atoms with Crippen LogP contribution in [-0.4, -0.2) is 72.8 Å². The van der Waals surface area contributed by atoms with E-state index in [4.69, 9.17) is 18.9 Å². The molecule has 0 saturated heterocycles. The highest BCUT2D eigenvalue weighted by molar-refractivity contribution is 6.05. The van der Waals surface area contributed by atoms with Gasteiger partial charge in [-0.15, -0.1) is 0 Å². The third-order valence-corrected chi connectivity index (χ3v) is 9.71. The maximum Gasteiger partial charge on any atom is 0.260 e. The van der Waals surface area contributed by atoms with Crippen LogP contribution in [0.5, 0.6) is 23.0 Å². The molecular formula is C43H43N5O7. The van der Waals surface area contributed by atoms with Crippen LogP contribution in [0.3, 0.4) is 0 Å². The third-order valence-electron chi connectivity index (χ3n) is 9.71. The molecule has 12 nitrogen and oxygen atoms in total. The molecule has 3 amide bonds. The number of carbonyl (C=O) groups is 3. The Kier molecular flexibility index (Phi) is 10.5. The van der Waals surface area contributed by atoms with Gasteiger partial charge in [0, 0.05) is 48.4 Å². The molecule has 55 heavy (non-hydrogen) atoms. The number of nitrogens with one attached hydrogen (secondary N) is 1. The van der Waals surface area contributed by atoms with E-state index in [9.17, 15) is 14.4 Å². The molecular weight excluding hydrogens is 699 g/mol. The van der Waals surface area contributed by atoms with Gasteiger partial charge in [-0.2, -0.15) is 0 Å². The van der Waals surface area contributed by atoms with E-state index in [2.05, 4.69) is 27.1 Å². The van der Waals surface area contributed by atoms with E-state index in [1.54, 1.807) is 46.5 Å². The molecule has 0 saturated carbocycles. The predicted octanol–water partition coefficient (Wildman–Crippen LogP) is 6.65. The van der Waals surface area contributed by atoms with Crippen molar-refractivity contribution in [1.29, 1.82) is 0 Å². The summed E-state index contributed by atoms with van der Waals surface area (Å²) in [5.41, 5.74) is 6.40. The zero-order valence-electron chi connectivity index (χ0n) is 31.8. The summed E-state index contributed by atoms with van der Waals surface area (Å²) in [6, 6.07) is 12.3. The lowest BCUT2D eigenvalue weighted by Crippen LogP contribution is -2.32. The second-order valence-electron chi connectivity index (χ2n) is 14.3. The van der Waals surface area contributed by atoms with Gasteiger partial charge in [0.15, 0.2) is 23.0 Å². The fourth-order valence-corrected chi connectivity index (χ4v) is 6.91. The van der Waals surface area contributed by atoms with E-state index in [0.717, 1.165) is 35.1 Å². The monoisotopic (exact) mass is 741 g/mol. The first kappa shape index (κ1) is 37.0. The molecule has 0 spiro atoms. The molecule has 0 fully saturated rings. The van der Waals surface area contributed by atoms with E-state index in [1.807, 2.05) is 58.3 Å². The normalized spacial score (nSPS) is 17.9. The summed E-state index contributed by atoms with van der Waals surface area (Å²) in [5.74, 6) is 7.36. The third kappa shape index (κ3) is 7.82. The minimum absolute atomic E-state index is 0.0778. The Morgan fingerprint density at radius 3 is 1.71 bits per heavy atom. The van der Waals surface area contributed by atoms with E-state index in [-0.39, 0.29) is 55.5 Å². The number of ether oxygens (including phenoxy) is 4. The van der Waals surface area contributed by atoms with Crippen molar-refractivity contribution >= 4 is 41.5 Å². The van der Waals surface area contributed by atoms with Gasteiger partial charge in [-0.3, -0.25) is 24.4 Å². The Morgan fingerprint density at radius 1 is 0.764 bits per heavy atom. The number of hydrogen-bond acceptors (Lipinski definition) is 9. The first-order valence-corrected chi connectivity index (χ1v) is 18.2. The number of methoxy groups -OCH3 is 2. The van der Waals surface area contributed by atoms with E-state index in [1.165, 1.54) is 14.2 Å². The lowest BCUT2D eigenvalue weighted by molar-refractivity contribution is -0.123. The van der Waals surface area contributed by atoms with Gasteiger partial charge < -0.3 is 34.1 Å². The van der Waals surface area contributed by atoms with Crippen molar-refractivity contribution in [2.45, 2.75) is 65.8 Å². The highest BCUT2D eigenvalue weighted by Gasteiger charge is 2.33. The van der Waals surface area contributed by atoms with Crippen molar-refractivity contribution in [3.8, 4) is 34.8 Å². The lowest BCUT2D eigenvalue weighted by atomic mass is 10.1. The predicted molar refractivity (Wildman–Crippen MR) is 209 cm³/mol. The SMILES string of the molecule is COc1cc2c(cc1OCc1cc(C#CCNC(=O)C(C)C)cc(COc3cc4c(cc3OC)C(=O)N3C=C(C)C[C@H]3C=N4)c1)N=C[C@@H]1CC(C)=CN1C2=O. The zero-order valence-corrected chi connectivity index (χ0v) is 31.8. The molecule has 2 atom stereocenters. The van der Waals surface area contributed by atoms with Gasteiger partial charge in [-0.1, -0.05) is 36.8 Å². The Hall–Kier alpha value is -6.35. The molecule has 3 aromatic carbocycles. The largest absolute Gasteiger partial charge is 0.493 e. The smallest absolute Gasteiger partial charge is 0.260 e. The van der Waals surface area contributed by atoms with Crippen molar-refractivity contribution in [2.24, 2.45) is 15.9 Å². The average Bonchev–Trinajstić information content (AvgIpc) is 3.69. The quantitative estimate of drug-likeness (QED) is 0.230. The number of aliphatic imine (C=N–C) groups is 2. The molecule has 0 aromatic heterocycles. The molecule has 0 radical (unpaired) electrons. The van der Waals surface area contributed by atoms with E-state index < -0.39 is 0 Å². The fourth-order valence-electron chi connectivity index (χ4n) is 6.91. The highest BCUT2D eigenvalue weighted by Crippen LogP contribution is 2.40. The van der Waals surface area contributed by atoms with Crippen LogP contribution in [0.1, 0.15) is 77.9 Å². The van der Waals surface area contributed by atoms with Gasteiger partial charge in [0.2, 0.25) is 5.91 Å². The van der Waals surface area contributed by atoms with Crippen LogP contribution in [0, 0.1) is 17.8 Å². The number of fused-ring (bicyclic) bond motifs is 4. The van der Waals surface area contributed by atoms with Crippen molar-refractivity contribution < 1.29 is 33.3 Å². The van der Waals surface area contributed by atoms with Gasteiger partial charge in [0.25, 0.3) is 11.8 Å². The van der Waals surface area contributed by atoms with Crippen molar-refractivity contribution in [1.82, 2.24) is 15.1 Å². The van der Waals surface area contributed by atoms with Gasteiger partial charge >= 0.3 is 0 Å². The first-order chi connectivity index (χ1) is 26.5. The standard InChI is InChI=1S/C43H43N5O7/c1-25(2)41(49)44-9-7-8-28-12-29(23-54-39-17-35-33(15-37(39)52-5)42(50)47-21-26(3)10-31(47)19-45-35)14-30(13-28)24-55-40-18-36-34(16-38(40)53-6)43(51)48-22-27(4)11-32(48)20-46-36/h12-22,25,31-32H,9-11,23-24H2,1-6H3,(H,44,49)/t31-,32-/m0/s1. The topological polar surface area (TPSA) is 131 Å². The molecule has 0 bridgehead atoms. The van der Waals surface area contributed by atoms with Gasteiger partial charge in [0.05, 0.1) is 55.3 Å². The van der Waals surface area contributed by atoms with E-state index in [0.29, 0.717) is 51.1 Å². The van der Waals surface area contributed by atoms with Crippen LogP contribution < -0.4 is 24.3 Å². The molecule has 0 unspecified atom stereocenters. The van der Waals surface area contributed by atoms with Crippen molar-refractivity contribution in [3.63, 3.8) is 0 Å². The van der Waals surface area contributed by atoms with Crippen LogP contribution in [-0.2, 0) is 18.0 Å². The zero-order chi connectivity index (χ0) is 38.8. The summed E-state index contributed by atoms with van der Waals surface area (Å²) in [5, 5.41) is 2.82. The van der Waals surface area contributed by atoms with Crippen molar-refractivity contribution in [3.05, 3.63) is 93.8 Å². The summed E-state index contributed by atoms with van der Waals surface area (Å²) in [6.07, 6.45) is 8.83. The Balaban J connectivity index is 1.14. The second-order valence-corrected chi connectivity index (χ2v) is 14.3. The van der Waals surface area contributed by atoms with E-state index >= 15 is 0 Å². The maximum atomic E-state index is 13.5. The molecule has 3 aromatic rings. The summed E-state index contributed by atoms with van der Waals surface area (Å²) in [4.78, 5) is 51.7. The van der Waals surface area contributed by atoms with Gasteiger partial charge in [0.1, 0.15) is 13.2 Å². The molecule has 12 heteroatoms. The van der Waals surface area contributed by atoms with Crippen LogP contribution in [0.2, 0.25) is 0 Å². The molecule has 7 rings (SSSR count). The Labute approximate surface area is 320 Å². The number of carbonyl (C=O) groups excluding carboxylic acids is 3. The van der Waals surface area contributed by atoms with Crippen molar-refractivity contribution in [2.75, 3.05) is 20.8 Å². The highest BCUT2D eigenvalue weighted by atomic mass is 16.5. The Bertz CT molecular complexity index is 2130. The van der Waals surface area contributed by atoms with Crippen LogP contribution in [0.4, 0.5) is 11.4 Å². The van der Waals surface area contributed by atoms with Gasteiger partial charge in [-0.25, -0.2) is 0 Å². The molecule has 4 aliphatic heterocycles. The summed E-state index contributed by atoms with van der Waals surface area (Å²) < 4.78 is 24.0. The molecule has 4 aliphatic rings. The van der Waals surface area contributed by atoms with Crippen LogP contribution in [0.15, 0.2) is 76.0 Å². The second kappa shape index (κ2) is 15.6. The number of nitrogens with zero attached hydrogens (tertiary/aromatic N) is 4. The van der Waals surface area contributed by atoms with Gasteiger partial charge in [-0.05, 0) is 68.1 Å². The first-order valence-electron chi connectivity index (χ1n) is 18.2. The number of amides is 3.